The Labute approximate surface area is 118 Å². The smallest absolute Gasteiger partial charge is 0.0281 e. The van der Waals surface area contributed by atoms with E-state index in [2.05, 4.69) is 49.2 Å². The van der Waals surface area contributed by atoms with Crippen molar-refractivity contribution in [1.29, 1.82) is 0 Å². The number of thioether (sulfide) groups is 1. The first-order chi connectivity index (χ1) is 8.47. The van der Waals surface area contributed by atoms with Crippen LogP contribution in [0.2, 0.25) is 0 Å². The van der Waals surface area contributed by atoms with E-state index < -0.39 is 0 Å². The predicted molar refractivity (Wildman–Crippen MR) is 83.6 cm³/mol. The number of hydrogen-bond donors (Lipinski definition) is 1. The summed E-state index contributed by atoms with van der Waals surface area (Å²) in [6.07, 6.45) is 3.48. The molecule has 1 saturated heterocycles. The van der Waals surface area contributed by atoms with Crippen LogP contribution in [0.5, 0.6) is 0 Å². The maximum atomic E-state index is 3.43. The molecule has 18 heavy (non-hydrogen) atoms. The summed E-state index contributed by atoms with van der Waals surface area (Å²) < 4.78 is 0. The average Bonchev–Trinajstić information content (AvgIpc) is 2.36. The van der Waals surface area contributed by atoms with Crippen molar-refractivity contribution < 1.29 is 0 Å². The second-order valence-corrected chi connectivity index (χ2v) is 7.08. The number of likely N-dealkylation sites (N-methyl/N-ethyl adjacent to an activating group) is 1. The highest BCUT2D eigenvalue weighted by atomic mass is 32.2. The highest BCUT2D eigenvalue weighted by Crippen LogP contribution is 2.18. The molecule has 4 heteroatoms. The lowest BCUT2D eigenvalue weighted by Gasteiger charge is -2.44. The quantitative estimate of drug-likeness (QED) is 0.761. The fraction of sp³-hybridized carbons (Fsp3) is 1.00. The standard InChI is InChI=1S/C14H31N3S/c1-13(6-11-18-5)16(4)12-14(2,3)17-9-7-15-8-10-17/h13,15H,6-12H2,1-5H3. The van der Waals surface area contributed by atoms with E-state index in [1.54, 1.807) is 0 Å². The van der Waals surface area contributed by atoms with Crippen molar-refractivity contribution in [1.82, 2.24) is 15.1 Å². The van der Waals surface area contributed by atoms with E-state index in [9.17, 15) is 0 Å². The summed E-state index contributed by atoms with van der Waals surface area (Å²) in [5.74, 6) is 1.26. The van der Waals surface area contributed by atoms with Gasteiger partial charge in [0.05, 0.1) is 0 Å². The molecule has 1 N–H and O–H groups in total. The van der Waals surface area contributed by atoms with Gasteiger partial charge in [-0.25, -0.2) is 0 Å². The molecular formula is C14H31N3S. The van der Waals surface area contributed by atoms with Crippen LogP contribution < -0.4 is 5.32 Å². The minimum Gasteiger partial charge on any atom is -0.314 e. The second kappa shape index (κ2) is 7.73. The lowest BCUT2D eigenvalue weighted by molar-refractivity contribution is 0.0599. The van der Waals surface area contributed by atoms with Gasteiger partial charge in [-0.05, 0) is 46.2 Å². The predicted octanol–water partition coefficient (Wildman–Crippen LogP) is 1.74. The van der Waals surface area contributed by atoms with E-state index in [1.165, 1.54) is 25.3 Å². The fourth-order valence-corrected chi connectivity index (χ4v) is 3.22. The molecule has 0 aliphatic carbocycles. The van der Waals surface area contributed by atoms with E-state index in [4.69, 9.17) is 0 Å². The zero-order valence-corrected chi connectivity index (χ0v) is 13.6. The SMILES string of the molecule is CSCCC(C)N(C)CC(C)(C)N1CCNCC1. The monoisotopic (exact) mass is 273 g/mol. The highest BCUT2D eigenvalue weighted by Gasteiger charge is 2.29. The molecule has 1 aliphatic heterocycles. The summed E-state index contributed by atoms with van der Waals surface area (Å²) in [7, 11) is 2.27. The minimum atomic E-state index is 0.282. The van der Waals surface area contributed by atoms with Gasteiger partial charge in [-0.2, -0.15) is 11.8 Å². The summed E-state index contributed by atoms with van der Waals surface area (Å²) in [5.41, 5.74) is 0.282. The lowest BCUT2D eigenvalue weighted by atomic mass is 10.00. The number of piperazine rings is 1. The molecule has 0 saturated carbocycles. The topological polar surface area (TPSA) is 18.5 Å². The van der Waals surface area contributed by atoms with Gasteiger partial charge >= 0.3 is 0 Å². The Morgan fingerprint density at radius 1 is 1.33 bits per heavy atom. The van der Waals surface area contributed by atoms with Gasteiger partial charge in [-0.3, -0.25) is 4.90 Å². The van der Waals surface area contributed by atoms with Crippen LogP contribution in [0.15, 0.2) is 0 Å². The van der Waals surface area contributed by atoms with E-state index >= 15 is 0 Å². The van der Waals surface area contributed by atoms with Gasteiger partial charge in [-0.15, -0.1) is 0 Å². The van der Waals surface area contributed by atoms with Gasteiger partial charge in [0, 0.05) is 44.3 Å². The van der Waals surface area contributed by atoms with Crippen LogP contribution >= 0.6 is 11.8 Å². The highest BCUT2D eigenvalue weighted by molar-refractivity contribution is 7.98. The third kappa shape index (κ3) is 5.08. The molecule has 0 spiro atoms. The number of nitrogens with one attached hydrogen (secondary N) is 1. The molecule has 1 rings (SSSR count). The normalized spacial score (nSPS) is 20.3. The van der Waals surface area contributed by atoms with E-state index in [0.717, 1.165) is 19.6 Å². The van der Waals surface area contributed by atoms with Gasteiger partial charge < -0.3 is 10.2 Å². The molecule has 3 nitrogen and oxygen atoms in total. The Kier molecular flexibility index (Phi) is 6.99. The zero-order valence-electron chi connectivity index (χ0n) is 12.8. The molecule has 0 bridgehead atoms. The van der Waals surface area contributed by atoms with Crippen LogP contribution in [-0.2, 0) is 0 Å². The van der Waals surface area contributed by atoms with Crippen LogP contribution in [-0.4, -0.2) is 73.2 Å². The molecule has 1 fully saturated rings. The fourth-order valence-electron chi connectivity index (χ4n) is 2.65. The Bertz CT molecular complexity index is 227. The summed E-state index contributed by atoms with van der Waals surface area (Å²) >= 11 is 1.95. The maximum absolute atomic E-state index is 3.43. The van der Waals surface area contributed by atoms with Crippen molar-refractivity contribution in [3.8, 4) is 0 Å². The summed E-state index contributed by atoms with van der Waals surface area (Å²) in [4.78, 5) is 5.15. The van der Waals surface area contributed by atoms with Crippen molar-refractivity contribution >= 4 is 11.8 Å². The third-order valence-corrected chi connectivity index (χ3v) is 4.75. The molecule has 1 heterocycles. The number of rotatable bonds is 7. The van der Waals surface area contributed by atoms with E-state index in [-0.39, 0.29) is 5.54 Å². The van der Waals surface area contributed by atoms with Crippen LogP contribution in [0.25, 0.3) is 0 Å². The first kappa shape index (κ1) is 16.3. The molecule has 1 atom stereocenters. The van der Waals surface area contributed by atoms with Crippen molar-refractivity contribution in [3.63, 3.8) is 0 Å². The summed E-state index contributed by atoms with van der Waals surface area (Å²) in [5, 5.41) is 3.43. The molecule has 1 aliphatic rings. The Morgan fingerprint density at radius 3 is 2.50 bits per heavy atom. The molecule has 0 aromatic heterocycles. The van der Waals surface area contributed by atoms with Gasteiger partial charge in [0.15, 0.2) is 0 Å². The summed E-state index contributed by atoms with van der Waals surface area (Å²) in [6, 6.07) is 0.680. The maximum Gasteiger partial charge on any atom is 0.0281 e. The van der Waals surface area contributed by atoms with Crippen LogP contribution in [0.3, 0.4) is 0 Å². The molecular weight excluding hydrogens is 242 g/mol. The molecule has 0 aromatic rings. The Hall–Kier alpha value is 0.230. The van der Waals surface area contributed by atoms with E-state index in [1.807, 2.05) is 11.8 Å². The molecule has 0 radical (unpaired) electrons. The van der Waals surface area contributed by atoms with Gasteiger partial charge in [-0.1, -0.05) is 0 Å². The first-order valence-electron chi connectivity index (χ1n) is 7.12. The lowest BCUT2D eigenvalue weighted by Crippen LogP contribution is -2.58. The van der Waals surface area contributed by atoms with Crippen molar-refractivity contribution in [2.45, 2.75) is 38.8 Å². The van der Waals surface area contributed by atoms with Gasteiger partial charge in [0.25, 0.3) is 0 Å². The molecule has 0 aromatic carbocycles. The zero-order chi connectivity index (χ0) is 13.6. The van der Waals surface area contributed by atoms with Crippen LogP contribution in [0, 0.1) is 0 Å². The molecule has 0 amide bonds. The third-order valence-electron chi connectivity index (χ3n) is 4.10. The van der Waals surface area contributed by atoms with Crippen LogP contribution in [0.4, 0.5) is 0 Å². The number of hydrogen-bond acceptors (Lipinski definition) is 4. The molecule has 108 valence electrons. The Balaban J connectivity index is 2.42. The largest absolute Gasteiger partial charge is 0.314 e. The average molecular weight is 273 g/mol. The first-order valence-corrected chi connectivity index (χ1v) is 8.51. The van der Waals surface area contributed by atoms with Crippen molar-refractivity contribution in [2.24, 2.45) is 0 Å². The van der Waals surface area contributed by atoms with Gasteiger partial charge in [0.1, 0.15) is 0 Å². The van der Waals surface area contributed by atoms with Crippen molar-refractivity contribution in [2.75, 3.05) is 51.8 Å². The second-order valence-electron chi connectivity index (χ2n) is 6.10. The summed E-state index contributed by atoms with van der Waals surface area (Å²) in [6.45, 7) is 12.9. The number of nitrogens with zero attached hydrogens (tertiary/aromatic N) is 2. The van der Waals surface area contributed by atoms with E-state index in [0.29, 0.717) is 6.04 Å². The minimum absolute atomic E-state index is 0.282. The molecule has 1 unspecified atom stereocenters. The van der Waals surface area contributed by atoms with Crippen molar-refractivity contribution in [3.05, 3.63) is 0 Å². The van der Waals surface area contributed by atoms with Crippen LogP contribution in [0.1, 0.15) is 27.2 Å². The Morgan fingerprint density at radius 2 is 1.94 bits per heavy atom. The van der Waals surface area contributed by atoms with Gasteiger partial charge in [0.2, 0.25) is 0 Å².